The standard InChI is InChI=1S/C14H21N3O5S/c1-10(16(3)14(18)19)8-15(2)13-6-5-12(17(20)21)7-11(13)9-23(4)22/h5-7,10H,8-9H2,1-4H3,(H,18,19). The van der Waals surface area contributed by atoms with E-state index in [1.807, 2.05) is 4.90 Å². The molecule has 1 aromatic carbocycles. The number of nitrogens with zero attached hydrogens (tertiary/aromatic N) is 3. The number of benzene rings is 1. The minimum Gasteiger partial charge on any atom is -0.616 e. The van der Waals surface area contributed by atoms with Crippen LogP contribution in [0, 0.1) is 10.1 Å². The molecule has 0 spiro atoms. The van der Waals surface area contributed by atoms with Crippen LogP contribution in [0.3, 0.4) is 0 Å². The first-order valence-corrected chi connectivity index (χ1v) is 8.60. The monoisotopic (exact) mass is 343 g/mol. The maximum Gasteiger partial charge on any atom is 0.407 e. The molecule has 1 aromatic rings. The van der Waals surface area contributed by atoms with E-state index in [0.29, 0.717) is 17.8 Å². The van der Waals surface area contributed by atoms with Gasteiger partial charge < -0.3 is 19.5 Å². The average Bonchev–Trinajstić information content (AvgIpc) is 2.45. The van der Waals surface area contributed by atoms with Crippen LogP contribution in [0.1, 0.15) is 12.5 Å². The molecule has 0 fully saturated rings. The van der Waals surface area contributed by atoms with Crippen molar-refractivity contribution in [3.05, 3.63) is 33.9 Å². The van der Waals surface area contributed by atoms with Crippen LogP contribution in [0.4, 0.5) is 16.2 Å². The largest absolute Gasteiger partial charge is 0.616 e. The number of amides is 1. The van der Waals surface area contributed by atoms with Crippen LogP contribution in [0.5, 0.6) is 0 Å². The Morgan fingerprint density at radius 1 is 1.43 bits per heavy atom. The fourth-order valence-electron chi connectivity index (χ4n) is 2.20. The molecule has 0 aliphatic rings. The molecule has 2 unspecified atom stereocenters. The van der Waals surface area contributed by atoms with Crippen molar-refractivity contribution >= 4 is 28.6 Å². The van der Waals surface area contributed by atoms with Gasteiger partial charge in [-0.3, -0.25) is 10.1 Å². The molecular weight excluding hydrogens is 322 g/mol. The molecule has 23 heavy (non-hydrogen) atoms. The van der Waals surface area contributed by atoms with Crippen LogP contribution in [-0.2, 0) is 16.9 Å². The van der Waals surface area contributed by atoms with Crippen molar-refractivity contribution in [2.75, 3.05) is 31.8 Å². The van der Waals surface area contributed by atoms with Gasteiger partial charge in [0.25, 0.3) is 5.69 Å². The Labute approximate surface area is 138 Å². The lowest BCUT2D eigenvalue weighted by Crippen LogP contribution is -2.41. The summed E-state index contributed by atoms with van der Waals surface area (Å²) in [6.07, 6.45) is 0.508. The van der Waals surface area contributed by atoms with E-state index < -0.39 is 22.2 Å². The van der Waals surface area contributed by atoms with Gasteiger partial charge in [0, 0.05) is 50.1 Å². The lowest BCUT2D eigenvalue weighted by molar-refractivity contribution is -0.384. The summed E-state index contributed by atoms with van der Waals surface area (Å²) >= 11 is -1.15. The highest BCUT2D eigenvalue weighted by molar-refractivity contribution is 7.89. The molecule has 0 aromatic heterocycles. The van der Waals surface area contributed by atoms with E-state index in [4.69, 9.17) is 5.11 Å². The number of non-ortho nitro benzene ring substituents is 1. The molecular formula is C14H21N3O5S. The number of carbonyl (C=O) groups is 1. The molecule has 0 saturated heterocycles. The van der Waals surface area contributed by atoms with Gasteiger partial charge in [-0.1, -0.05) is 11.2 Å². The van der Waals surface area contributed by atoms with E-state index in [1.54, 1.807) is 20.0 Å². The first-order chi connectivity index (χ1) is 10.6. The number of nitro benzene ring substituents is 1. The first kappa shape index (κ1) is 19.0. The highest BCUT2D eigenvalue weighted by atomic mass is 32.2. The Morgan fingerprint density at radius 3 is 2.52 bits per heavy atom. The van der Waals surface area contributed by atoms with E-state index >= 15 is 0 Å². The van der Waals surface area contributed by atoms with Gasteiger partial charge in [-0.15, -0.1) is 0 Å². The molecule has 0 aliphatic heterocycles. The number of hydrogen-bond donors (Lipinski definition) is 1. The number of likely N-dealkylation sites (N-methyl/N-ethyl adjacent to an activating group) is 2. The average molecular weight is 343 g/mol. The Kier molecular flexibility index (Phi) is 6.64. The van der Waals surface area contributed by atoms with E-state index in [2.05, 4.69) is 0 Å². The minimum absolute atomic E-state index is 0.0571. The smallest absolute Gasteiger partial charge is 0.407 e. The van der Waals surface area contributed by atoms with Crippen LogP contribution >= 0.6 is 0 Å². The van der Waals surface area contributed by atoms with E-state index in [-0.39, 0.29) is 17.5 Å². The number of carboxylic acid groups (broad SMARTS) is 1. The maximum atomic E-state index is 11.5. The fourth-order valence-corrected chi connectivity index (χ4v) is 2.87. The van der Waals surface area contributed by atoms with Crippen molar-refractivity contribution in [3.63, 3.8) is 0 Å². The van der Waals surface area contributed by atoms with Crippen LogP contribution in [0.2, 0.25) is 0 Å². The third-order valence-corrected chi connectivity index (χ3v) is 4.26. The Balaban J connectivity index is 3.04. The molecule has 8 nitrogen and oxygen atoms in total. The van der Waals surface area contributed by atoms with Crippen molar-refractivity contribution in [1.29, 1.82) is 0 Å². The highest BCUT2D eigenvalue weighted by Gasteiger charge is 2.20. The summed E-state index contributed by atoms with van der Waals surface area (Å²) in [6, 6.07) is 4.14. The quantitative estimate of drug-likeness (QED) is 0.460. The van der Waals surface area contributed by atoms with Crippen LogP contribution in [-0.4, -0.2) is 58.5 Å². The maximum absolute atomic E-state index is 11.5. The molecule has 128 valence electrons. The summed E-state index contributed by atoms with van der Waals surface area (Å²) in [6.45, 7) is 2.18. The summed E-state index contributed by atoms with van der Waals surface area (Å²) in [5.74, 6) is 0.199. The molecule has 1 N–H and O–H groups in total. The van der Waals surface area contributed by atoms with E-state index in [1.165, 1.54) is 30.3 Å². The second-order valence-corrected chi connectivity index (χ2v) is 6.85. The Bertz CT molecular complexity index is 582. The number of anilines is 1. The van der Waals surface area contributed by atoms with Crippen molar-refractivity contribution in [2.45, 2.75) is 18.7 Å². The molecule has 9 heteroatoms. The van der Waals surface area contributed by atoms with Gasteiger partial charge in [0.2, 0.25) is 0 Å². The summed E-state index contributed by atoms with van der Waals surface area (Å²) < 4.78 is 11.5. The van der Waals surface area contributed by atoms with Gasteiger partial charge in [-0.05, 0) is 13.0 Å². The minimum atomic E-state index is -1.15. The van der Waals surface area contributed by atoms with Gasteiger partial charge in [0.15, 0.2) is 0 Å². The third kappa shape index (κ3) is 5.29. The molecule has 1 rings (SSSR count). The summed E-state index contributed by atoms with van der Waals surface area (Å²) in [5.41, 5.74) is 1.25. The fraction of sp³-hybridized carbons (Fsp3) is 0.500. The van der Waals surface area contributed by atoms with Gasteiger partial charge in [0.05, 0.1) is 11.2 Å². The predicted molar refractivity (Wildman–Crippen MR) is 89.4 cm³/mol. The van der Waals surface area contributed by atoms with Gasteiger partial charge in [0.1, 0.15) is 5.75 Å². The molecule has 2 atom stereocenters. The molecule has 0 aliphatic carbocycles. The SMILES string of the molecule is CC(CN(C)c1ccc([N+](=O)[O-])cc1C[S+](C)[O-])N(C)C(=O)O. The van der Waals surface area contributed by atoms with Crippen LogP contribution < -0.4 is 4.90 Å². The third-order valence-electron chi connectivity index (χ3n) is 3.54. The number of hydrogen-bond acceptors (Lipinski definition) is 5. The first-order valence-electron chi connectivity index (χ1n) is 6.87. The van der Waals surface area contributed by atoms with E-state index in [9.17, 15) is 19.5 Å². The normalized spacial score (nSPS) is 13.3. The lowest BCUT2D eigenvalue weighted by Gasteiger charge is -2.29. The molecule has 0 radical (unpaired) electrons. The predicted octanol–water partition coefficient (Wildman–Crippen LogP) is 1.91. The molecule has 1 amide bonds. The highest BCUT2D eigenvalue weighted by Crippen LogP contribution is 2.27. The van der Waals surface area contributed by atoms with Crippen LogP contribution in [0.15, 0.2) is 18.2 Å². The molecule has 0 bridgehead atoms. The summed E-state index contributed by atoms with van der Waals surface area (Å²) in [4.78, 5) is 24.4. The zero-order chi connectivity index (χ0) is 17.7. The second-order valence-electron chi connectivity index (χ2n) is 5.41. The van der Waals surface area contributed by atoms with E-state index in [0.717, 1.165) is 0 Å². The summed E-state index contributed by atoms with van der Waals surface area (Å²) in [7, 11) is 3.26. The van der Waals surface area contributed by atoms with Gasteiger partial charge >= 0.3 is 6.09 Å². The second kappa shape index (κ2) is 8.02. The number of rotatable bonds is 7. The van der Waals surface area contributed by atoms with Crippen molar-refractivity contribution in [3.8, 4) is 0 Å². The zero-order valence-electron chi connectivity index (χ0n) is 13.6. The van der Waals surface area contributed by atoms with Crippen molar-refractivity contribution in [1.82, 2.24) is 4.90 Å². The van der Waals surface area contributed by atoms with Crippen LogP contribution in [0.25, 0.3) is 0 Å². The summed E-state index contributed by atoms with van der Waals surface area (Å²) in [5, 5.41) is 19.9. The van der Waals surface area contributed by atoms with Gasteiger partial charge in [-0.25, -0.2) is 4.79 Å². The number of nitro groups is 1. The Morgan fingerprint density at radius 2 is 2.04 bits per heavy atom. The zero-order valence-corrected chi connectivity index (χ0v) is 14.4. The van der Waals surface area contributed by atoms with Gasteiger partial charge in [-0.2, -0.15) is 0 Å². The topological polar surface area (TPSA) is 110 Å². The lowest BCUT2D eigenvalue weighted by atomic mass is 10.1. The van der Waals surface area contributed by atoms with Crippen molar-refractivity contribution in [2.24, 2.45) is 0 Å². The molecule has 0 saturated carbocycles. The van der Waals surface area contributed by atoms with Crippen molar-refractivity contribution < 1.29 is 19.4 Å². The molecule has 0 heterocycles. The Hall–Kier alpha value is -2.00.